The predicted octanol–water partition coefficient (Wildman–Crippen LogP) is 2.05. The van der Waals surface area contributed by atoms with Crippen molar-refractivity contribution in [2.75, 3.05) is 6.61 Å². The molecular formula is C12H20O3. The zero-order valence-corrected chi connectivity index (χ0v) is 9.32. The van der Waals surface area contributed by atoms with Gasteiger partial charge in [0.25, 0.3) is 0 Å². The maximum atomic E-state index is 11.3. The molecule has 0 heterocycles. The van der Waals surface area contributed by atoms with E-state index in [0.717, 1.165) is 25.7 Å². The molecule has 0 radical (unpaired) electrons. The van der Waals surface area contributed by atoms with Crippen molar-refractivity contribution < 1.29 is 14.6 Å². The summed E-state index contributed by atoms with van der Waals surface area (Å²) >= 11 is 0. The van der Waals surface area contributed by atoms with Gasteiger partial charge in [0, 0.05) is 0 Å². The van der Waals surface area contributed by atoms with E-state index in [-0.39, 0.29) is 11.9 Å². The summed E-state index contributed by atoms with van der Waals surface area (Å²) < 4.78 is 4.89. The summed E-state index contributed by atoms with van der Waals surface area (Å²) in [5.74, 6) is -0.170. The number of aliphatic hydroxyl groups is 1. The van der Waals surface area contributed by atoms with Crippen LogP contribution in [0.15, 0.2) is 12.2 Å². The highest BCUT2D eigenvalue weighted by atomic mass is 16.5. The van der Waals surface area contributed by atoms with Gasteiger partial charge in [0.05, 0.1) is 19.1 Å². The molecule has 2 unspecified atom stereocenters. The van der Waals surface area contributed by atoms with E-state index in [1.807, 2.05) is 12.2 Å². The SMILES string of the molecule is CCOC(=O)CC1CCCCC=CC1O. The number of esters is 1. The largest absolute Gasteiger partial charge is 0.466 e. The Morgan fingerprint density at radius 1 is 1.53 bits per heavy atom. The van der Waals surface area contributed by atoms with Crippen LogP contribution in [0, 0.1) is 5.92 Å². The van der Waals surface area contributed by atoms with Crippen molar-refractivity contribution in [1.82, 2.24) is 0 Å². The summed E-state index contributed by atoms with van der Waals surface area (Å²) in [7, 11) is 0. The average molecular weight is 212 g/mol. The van der Waals surface area contributed by atoms with Gasteiger partial charge < -0.3 is 9.84 Å². The topological polar surface area (TPSA) is 46.5 Å². The van der Waals surface area contributed by atoms with Crippen LogP contribution in [0.25, 0.3) is 0 Å². The molecule has 0 amide bonds. The predicted molar refractivity (Wildman–Crippen MR) is 58.4 cm³/mol. The molecule has 15 heavy (non-hydrogen) atoms. The summed E-state index contributed by atoms with van der Waals surface area (Å²) in [6.07, 6.45) is 7.81. The minimum atomic E-state index is -0.491. The van der Waals surface area contributed by atoms with Gasteiger partial charge in [-0.15, -0.1) is 0 Å². The third-order valence-corrected chi connectivity index (χ3v) is 2.75. The van der Waals surface area contributed by atoms with Crippen molar-refractivity contribution in [3.05, 3.63) is 12.2 Å². The minimum Gasteiger partial charge on any atom is -0.466 e. The summed E-state index contributed by atoms with van der Waals surface area (Å²) in [6.45, 7) is 2.21. The van der Waals surface area contributed by atoms with Gasteiger partial charge >= 0.3 is 5.97 Å². The summed E-state index contributed by atoms with van der Waals surface area (Å²) in [6, 6.07) is 0. The van der Waals surface area contributed by atoms with E-state index in [1.165, 1.54) is 0 Å². The van der Waals surface area contributed by atoms with E-state index in [9.17, 15) is 9.90 Å². The highest BCUT2D eigenvalue weighted by Gasteiger charge is 2.21. The lowest BCUT2D eigenvalue weighted by molar-refractivity contribution is -0.145. The number of aliphatic hydroxyl groups excluding tert-OH is 1. The normalized spacial score (nSPS) is 26.8. The van der Waals surface area contributed by atoms with Crippen molar-refractivity contribution in [1.29, 1.82) is 0 Å². The van der Waals surface area contributed by atoms with Crippen LogP contribution in [-0.4, -0.2) is 23.8 Å². The minimum absolute atomic E-state index is 0.0283. The second-order valence-corrected chi connectivity index (χ2v) is 3.97. The van der Waals surface area contributed by atoms with Crippen LogP contribution >= 0.6 is 0 Å². The lowest BCUT2D eigenvalue weighted by Gasteiger charge is -2.21. The van der Waals surface area contributed by atoms with Gasteiger partial charge in [0.15, 0.2) is 0 Å². The first-order valence-electron chi connectivity index (χ1n) is 5.74. The molecule has 2 atom stereocenters. The molecule has 1 rings (SSSR count). The van der Waals surface area contributed by atoms with E-state index >= 15 is 0 Å². The molecule has 1 N–H and O–H groups in total. The first-order chi connectivity index (χ1) is 7.24. The van der Waals surface area contributed by atoms with Crippen LogP contribution in [-0.2, 0) is 9.53 Å². The number of hydrogen-bond acceptors (Lipinski definition) is 3. The molecule has 86 valence electrons. The quantitative estimate of drug-likeness (QED) is 0.575. The van der Waals surface area contributed by atoms with Crippen LogP contribution < -0.4 is 0 Å². The van der Waals surface area contributed by atoms with Crippen molar-refractivity contribution in [3.8, 4) is 0 Å². The van der Waals surface area contributed by atoms with Gasteiger partial charge in [-0.3, -0.25) is 4.79 Å². The Morgan fingerprint density at radius 2 is 2.33 bits per heavy atom. The van der Waals surface area contributed by atoms with E-state index in [4.69, 9.17) is 4.74 Å². The molecule has 0 saturated heterocycles. The number of carbonyl (C=O) groups is 1. The third-order valence-electron chi connectivity index (χ3n) is 2.75. The maximum Gasteiger partial charge on any atom is 0.306 e. The summed E-state index contributed by atoms with van der Waals surface area (Å²) in [5, 5.41) is 9.80. The number of carbonyl (C=O) groups excluding carboxylic acids is 1. The number of rotatable bonds is 3. The Labute approximate surface area is 91.1 Å². The van der Waals surface area contributed by atoms with Gasteiger partial charge in [-0.2, -0.15) is 0 Å². The third kappa shape index (κ3) is 4.47. The molecule has 3 heteroatoms. The molecule has 0 spiro atoms. The molecule has 0 aromatic rings. The van der Waals surface area contributed by atoms with E-state index < -0.39 is 6.10 Å². The molecule has 0 aromatic carbocycles. The van der Waals surface area contributed by atoms with E-state index in [0.29, 0.717) is 13.0 Å². The lowest BCUT2D eigenvalue weighted by atomic mass is 9.90. The highest BCUT2D eigenvalue weighted by molar-refractivity contribution is 5.69. The van der Waals surface area contributed by atoms with Gasteiger partial charge in [-0.1, -0.05) is 18.6 Å². The Kier molecular flexibility index (Phi) is 5.40. The summed E-state index contributed by atoms with van der Waals surface area (Å²) in [5.41, 5.74) is 0. The molecular weight excluding hydrogens is 192 g/mol. The van der Waals surface area contributed by atoms with Crippen molar-refractivity contribution >= 4 is 5.97 Å². The number of allylic oxidation sites excluding steroid dienone is 1. The highest BCUT2D eigenvalue weighted by Crippen LogP contribution is 2.22. The Bertz CT molecular complexity index is 223. The molecule has 0 fully saturated rings. The van der Waals surface area contributed by atoms with Crippen molar-refractivity contribution in [2.45, 2.75) is 45.1 Å². The molecule has 0 aromatic heterocycles. The molecule has 1 aliphatic rings. The first kappa shape index (κ1) is 12.2. The average Bonchev–Trinajstić information content (AvgIpc) is 2.18. The second-order valence-electron chi connectivity index (χ2n) is 3.97. The van der Waals surface area contributed by atoms with Gasteiger partial charge in [0.1, 0.15) is 0 Å². The van der Waals surface area contributed by atoms with Gasteiger partial charge in [-0.05, 0) is 32.1 Å². The van der Waals surface area contributed by atoms with Gasteiger partial charge in [-0.25, -0.2) is 0 Å². The fourth-order valence-corrected chi connectivity index (χ4v) is 1.89. The van der Waals surface area contributed by atoms with Crippen molar-refractivity contribution in [3.63, 3.8) is 0 Å². The second kappa shape index (κ2) is 6.62. The molecule has 3 nitrogen and oxygen atoms in total. The van der Waals surface area contributed by atoms with Crippen LogP contribution in [0.5, 0.6) is 0 Å². The van der Waals surface area contributed by atoms with E-state index in [2.05, 4.69) is 0 Å². The fraction of sp³-hybridized carbons (Fsp3) is 0.750. The van der Waals surface area contributed by atoms with Crippen LogP contribution in [0.1, 0.15) is 39.0 Å². The zero-order chi connectivity index (χ0) is 11.1. The lowest BCUT2D eigenvalue weighted by Crippen LogP contribution is -2.23. The number of hydrogen-bond donors (Lipinski definition) is 1. The van der Waals surface area contributed by atoms with Crippen LogP contribution in [0.2, 0.25) is 0 Å². The van der Waals surface area contributed by atoms with Crippen LogP contribution in [0.4, 0.5) is 0 Å². The fourth-order valence-electron chi connectivity index (χ4n) is 1.89. The van der Waals surface area contributed by atoms with Gasteiger partial charge in [0.2, 0.25) is 0 Å². The summed E-state index contributed by atoms with van der Waals surface area (Å²) in [4.78, 5) is 11.3. The standard InChI is InChI=1S/C12H20O3/c1-2-15-12(14)9-10-7-5-3-4-6-8-11(10)13/h6,8,10-11,13H,2-5,7,9H2,1H3. The monoisotopic (exact) mass is 212 g/mol. The number of ether oxygens (including phenoxy) is 1. The maximum absolute atomic E-state index is 11.3. The van der Waals surface area contributed by atoms with Crippen LogP contribution in [0.3, 0.4) is 0 Å². The molecule has 0 saturated carbocycles. The first-order valence-corrected chi connectivity index (χ1v) is 5.74. The molecule has 0 aliphatic heterocycles. The Hall–Kier alpha value is -0.830. The van der Waals surface area contributed by atoms with E-state index in [1.54, 1.807) is 6.92 Å². The molecule has 0 bridgehead atoms. The Balaban J connectivity index is 2.45. The Morgan fingerprint density at radius 3 is 3.07 bits per heavy atom. The zero-order valence-electron chi connectivity index (χ0n) is 9.32. The molecule has 1 aliphatic carbocycles. The van der Waals surface area contributed by atoms with Crippen molar-refractivity contribution in [2.24, 2.45) is 5.92 Å². The smallest absolute Gasteiger partial charge is 0.306 e.